The molecule has 3 aromatic rings. The molecule has 0 spiro atoms. The molecule has 0 bridgehead atoms. The predicted octanol–water partition coefficient (Wildman–Crippen LogP) is 3.81. The first-order valence-corrected chi connectivity index (χ1v) is 7.20. The van der Waals surface area contributed by atoms with Gasteiger partial charge in [0.2, 0.25) is 5.88 Å². The van der Waals surface area contributed by atoms with Crippen molar-refractivity contribution >= 4 is 23.2 Å². The Morgan fingerprint density at radius 2 is 2.04 bits per heavy atom. The molecule has 7 heteroatoms. The molecule has 0 atom stereocenters. The van der Waals surface area contributed by atoms with Gasteiger partial charge in [-0.05, 0) is 37.3 Å². The number of hydrogen-bond donors (Lipinski definition) is 2. The predicted molar refractivity (Wildman–Crippen MR) is 87.0 cm³/mol. The number of anilines is 1. The molecular formula is C16H13ClN4O2. The fourth-order valence-electron chi connectivity index (χ4n) is 1.93. The first-order chi connectivity index (χ1) is 11.1. The number of carbonyl (C=O) groups is 1. The smallest absolute Gasteiger partial charge is 0.257 e. The second-order valence-corrected chi connectivity index (χ2v) is 5.23. The van der Waals surface area contributed by atoms with Crippen molar-refractivity contribution in [2.45, 2.75) is 6.92 Å². The van der Waals surface area contributed by atoms with Gasteiger partial charge in [0.25, 0.3) is 5.91 Å². The van der Waals surface area contributed by atoms with Gasteiger partial charge in [0, 0.05) is 29.8 Å². The van der Waals surface area contributed by atoms with Crippen LogP contribution in [-0.2, 0) is 0 Å². The highest BCUT2D eigenvalue weighted by atomic mass is 35.5. The summed E-state index contributed by atoms with van der Waals surface area (Å²) in [5, 5.41) is 9.86. The summed E-state index contributed by atoms with van der Waals surface area (Å²) in [7, 11) is 0. The quantitative estimate of drug-likeness (QED) is 0.763. The minimum Gasteiger partial charge on any atom is -0.438 e. The number of aromatic nitrogens is 3. The summed E-state index contributed by atoms with van der Waals surface area (Å²) in [6.07, 6.45) is 2.95. The summed E-state index contributed by atoms with van der Waals surface area (Å²) in [5.41, 5.74) is 1.92. The van der Waals surface area contributed by atoms with Gasteiger partial charge in [-0.3, -0.25) is 14.9 Å². The molecule has 6 nitrogen and oxygen atoms in total. The number of amides is 1. The second-order valence-electron chi connectivity index (χ2n) is 4.83. The third-order valence-electron chi connectivity index (χ3n) is 3.03. The molecule has 0 saturated heterocycles. The van der Waals surface area contributed by atoms with Gasteiger partial charge in [-0.25, -0.2) is 0 Å². The zero-order chi connectivity index (χ0) is 16.2. The summed E-state index contributed by atoms with van der Waals surface area (Å²) in [6.45, 7) is 1.89. The molecule has 2 N–H and O–H groups in total. The number of aryl methyl sites for hydroxylation is 1. The van der Waals surface area contributed by atoms with Crippen molar-refractivity contribution in [3.8, 4) is 11.6 Å². The fraction of sp³-hybridized carbons (Fsp3) is 0.0625. The van der Waals surface area contributed by atoms with Crippen molar-refractivity contribution < 1.29 is 9.53 Å². The summed E-state index contributed by atoms with van der Waals surface area (Å²) >= 11 is 5.95. The Kier molecular flexibility index (Phi) is 4.25. The van der Waals surface area contributed by atoms with Gasteiger partial charge in [-0.15, -0.1) is 5.10 Å². The van der Waals surface area contributed by atoms with Crippen LogP contribution in [0.3, 0.4) is 0 Å². The zero-order valence-electron chi connectivity index (χ0n) is 12.2. The van der Waals surface area contributed by atoms with Crippen molar-refractivity contribution in [2.24, 2.45) is 0 Å². The Balaban J connectivity index is 1.68. The van der Waals surface area contributed by atoms with Gasteiger partial charge in [0.1, 0.15) is 5.75 Å². The molecule has 2 heterocycles. The van der Waals surface area contributed by atoms with Crippen molar-refractivity contribution in [2.75, 3.05) is 5.32 Å². The molecule has 2 aromatic heterocycles. The lowest BCUT2D eigenvalue weighted by molar-refractivity contribution is 0.102. The third kappa shape index (κ3) is 3.67. The lowest BCUT2D eigenvalue weighted by atomic mass is 10.2. The molecule has 0 radical (unpaired) electrons. The topological polar surface area (TPSA) is 79.9 Å². The van der Waals surface area contributed by atoms with E-state index in [9.17, 15) is 4.79 Å². The molecule has 0 aliphatic rings. The van der Waals surface area contributed by atoms with E-state index < -0.39 is 0 Å². The number of nitrogens with zero attached hydrogens (tertiary/aromatic N) is 2. The Labute approximate surface area is 137 Å². The number of aromatic amines is 1. The van der Waals surface area contributed by atoms with E-state index in [2.05, 4.69) is 20.5 Å². The lowest BCUT2D eigenvalue weighted by Crippen LogP contribution is -2.12. The van der Waals surface area contributed by atoms with Crippen LogP contribution >= 0.6 is 11.6 Å². The maximum Gasteiger partial charge on any atom is 0.257 e. The number of ether oxygens (including phenoxy) is 1. The van der Waals surface area contributed by atoms with E-state index in [0.717, 1.165) is 5.69 Å². The van der Waals surface area contributed by atoms with E-state index in [4.69, 9.17) is 16.3 Å². The normalized spacial score (nSPS) is 10.3. The number of pyridine rings is 1. The molecule has 23 heavy (non-hydrogen) atoms. The lowest BCUT2D eigenvalue weighted by Gasteiger charge is -2.07. The van der Waals surface area contributed by atoms with Gasteiger partial charge < -0.3 is 10.1 Å². The molecule has 0 aliphatic carbocycles. The summed E-state index contributed by atoms with van der Waals surface area (Å²) in [5.74, 6) is 0.813. The van der Waals surface area contributed by atoms with Crippen LogP contribution in [0.5, 0.6) is 11.6 Å². The van der Waals surface area contributed by atoms with Gasteiger partial charge in [-0.1, -0.05) is 11.6 Å². The first kappa shape index (κ1) is 15.1. The van der Waals surface area contributed by atoms with Crippen LogP contribution in [0.4, 0.5) is 5.69 Å². The van der Waals surface area contributed by atoms with Crippen molar-refractivity contribution in [3.05, 3.63) is 65.1 Å². The van der Waals surface area contributed by atoms with Crippen molar-refractivity contribution in [3.63, 3.8) is 0 Å². The maximum absolute atomic E-state index is 12.1. The summed E-state index contributed by atoms with van der Waals surface area (Å²) in [6, 6.07) is 10.3. The number of benzene rings is 1. The Morgan fingerprint density at radius 1 is 1.26 bits per heavy atom. The number of rotatable bonds is 4. The second kappa shape index (κ2) is 6.50. The van der Waals surface area contributed by atoms with Crippen LogP contribution in [-0.4, -0.2) is 21.1 Å². The van der Waals surface area contributed by atoms with E-state index >= 15 is 0 Å². The largest absolute Gasteiger partial charge is 0.438 e. The van der Waals surface area contributed by atoms with Crippen LogP contribution in [0.15, 0.2) is 48.8 Å². The number of halogens is 1. The molecule has 1 amide bonds. The highest BCUT2D eigenvalue weighted by Crippen LogP contribution is 2.22. The van der Waals surface area contributed by atoms with Crippen LogP contribution in [0.2, 0.25) is 5.02 Å². The highest BCUT2D eigenvalue weighted by Gasteiger charge is 2.10. The molecule has 116 valence electrons. The van der Waals surface area contributed by atoms with E-state index in [1.165, 1.54) is 12.4 Å². The van der Waals surface area contributed by atoms with Crippen LogP contribution in [0, 0.1) is 6.92 Å². The molecule has 0 unspecified atom stereocenters. The summed E-state index contributed by atoms with van der Waals surface area (Å²) in [4.78, 5) is 16.0. The van der Waals surface area contributed by atoms with Crippen molar-refractivity contribution in [1.29, 1.82) is 0 Å². The van der Waals surface area contributed by atoms with E-state index in [1.807, 2.05) is 6.92 Å². The number of carbonyl (C=O) groups excluding carboxylic acids is 1. The minimum atomic E-state index is -0.297. The summed E-state index contributed by atoms with van der Waals surface area (Å²) < 4.78 is 5.58. The highest BCUT2D eigenvalue weighted by molar-refractivity contribution is 6.34. The van der Waals surface area contributed by atoms with E-state index in [-0.39, 0.29) is 5.91 Å². The zero-order valence-corrected chi connectivity index (χ0v) is 13.0. The molecule has 0 aliphatic heterocycles. The van der Waals surface area contributed by atoms with Crippen LogP contribution in [0.1, 0.15) is 16.1 Å². The molecule has 1 aromatic carbocycles. The maximum atomic E-state index is 12.1. The Morgan fingerprint density at radius 3 is 2.70 bits per heavy atom. The van der Waals surface area contributed by atoms with Crippen LogP contribution < -0.4 is 10.1 Å². The number of H-pyrrole nitrogens is 1. The first-order valence-electron chi connectivity index (χ1n) is 6.82. The monoisotopic (exact) mass is 328 g/mol. The Hall–Kier alpha value is -2.86. The molecule has 0 fully saturated rings. The van der Waals surface area contributed by atoms with Crippen LogP contribution in [0.25, 0.3) is 0 Å². The number of nitrogens with one attached hydrogen (secondary N) is 2. The van der Waals surface area contributed by atoms with Crippen molar-refractivity contribution in [1.82, 2.24) is 15.2 Å². The molecular weight excluding hydrogens is 316 g/mol. The number of hydrogen-bond acceptors (Lipinski definition) is 4. The SMILES string of the molecule is Cc1cc(Oc2ccc(NC(=O)c3ccncc3Cl)cc2)n[nH]1. The molecule has 3 rings (SSSR count). The van der Waals surface area contributed by atoms with Gasteiger partial charge in [0.05, 0.1) is 10.6 Å². The molecule has 0 saturated carbocycles. The minimum absolute atomic E-state index is 0.297. The average molecular weight is 329 g/mol. The standard InChI is InChI=1S/C16H13ClN4O2/c1-10-8-15(21-20-10)23-12-4-2-11(3-5-12)19-16(22)13-6-7-18-9-14(13)17/h2-9H,1H3,(H,19,22)(H,20,21). The van der Waals surface area contributed by atoms with E-state index in [1.54, 1.807) is 36.4 Å². The Bertz CT molecular complexity index is 830. The van der Waals surface area contributed by atoms with Gasteiger partial charge >= 0.3 is 0 Å². The van der Waals surface area contributed by atoms with E-state index in [0.29, 0.717) is 27.9 Å². The fourth-order valence-corrected chi connectivity index (χ4v) is 2.14. The van der Waals surface area contributed by atoms with Gasteiger partial charge in [-0.2, -0.15) is 0 Å². The van der Waals surface area contributed by atoms with Gasteiger partial charge in [0.15, 0.2) is 0 Å². The third-order valence-corrected chi connectivity index (χ3v) is 3.34. The average Bonchev–Trinajstić information content (AvgIpc) is 2.95.